The standard InChI is InChI=1S/C7H4BrN3O2/c8-5-1-4(2-9-3-5)6-10-7(12)13-11-6/h1-3H,(H,10,11,12). The van der Waals surface area contributed by atoms with E-state index in [4.69, 9.17) is 0 Å². The van der Waals surface area contributed by atoms with Gasteiger partial charge in [0.05, 0.1) is 0 Å². The van der Waals surface area contributed by atoms with Gasteiger partial charge in [0.15, 0.2) is 5.82 Å². The number of nitrogens with one attached hydrogen (secondary N) is 1. The smallest absolute Gasteiger partial charge is 0.296 e. The van der Waals surface area contributed by atoms with Crippen molar-refractivity contribution in [2.24, 2.45) is 0 Å². The molecule has 0 aliphatic heterocycles. The third-order valence-corrected chi connectivity index (χ3v) is 1.85. The van der Waals surface area contributed by atoms with Crippen LogP contribution in [0.1, 0.15) is 0 Å². The molecule has 5 nitrogen and oxygen atoms in total. The maximum atomic E-state index is 10.6. The molecule has 0 spiro atoms. The Bertz CT molecular complexity index is 476. The van der Waals surface area contributed by atoms with Crippen LogP contribution >= 0.6 is 15.9 Å². The molecule has 0 aliphatic carbocycles. The Balaban J connectivity index is 2.52. The molecule has 0 bridgehead atoms. The van der Waals surface area contributed by atoms with Gasteiger partial charge in [-0.15, -0.1) is 0 Å². The molecule has 0 aromatic carbocycles. The van der Waals surface area contributed by atoms with Crippen molar-refractivity contribution in [2.75, 3.05) is 0 Å². The average molecular weight is 242 g/mol. The van der Waals surface area contributed by atoms with E-state index in [2.05, 4.69) is 35.6 Å². The Hall–Kier alpha value is -1.43. The Labute approximate surface area is 80.9 Å². The minimum absolute atomic E-state index is 0.374. The highest BCUT2D eigenvalue weighted by molar-refractivity contribution is 9.10. The van der Waals surface area contributed by atoms with Crippen molar-refractivity contribution < 1.29 is 4.52 Å². The quantitative estimate of drug-likeness (QED) is 0.815. The van der Waals surface area contributed by atoms with Gasteiger partial charge in [0.25, 0.3) is 0 Å². The van der Waals surface area contributed by atoms with E-state index in [-0.39, 0.29) is 0 Å². The summed E-state index contributed by atoms with van der Waals surface area (Å²) in [5.41, 5.74) is 0.695. The van der Waals surface area contributed by atoms with Gasteiger partial charge in [-0.3, -0.25) is 14.5 Å². The zero-order valence-electron chi connectivity index (χ0n) is 6.32. The second-order valence-corrected chi connectivity index (χ2v) is 3.25. The minimum Gasteiger partial charge on any atom is -0.296 e. The maximum Gasteiger partial charge on any atom is 0.439 e. The molecule has 13 heavy (non-hydrogen) atoms. The highest BCUT2D eigenvalue weighted by Crippen LogP contribution is 2.16. The van der Waals surface area contributed by atoms with Gasteiger partial charge < -0.3 is 0 Å². The summed E-state index contributed by atoms with van der Waals surface area (Å²) in [5.74, 6) is -0.200. The van der Waals surface area contributed by atoms with Crippen molar-refractivity contribution in [3.8, 4) is 11.4 Å². The van der Waals surface area contributed by atoms with Gasteiger partial charge in [-0.2, -0.15) is 0 Å². The Kier molecular flexibility index (Phi) is 1.97. The second-order valence-electron chi connectivity index (χ2n) is 2.34. The Morgan fingerprint density at radius 3 is 2.92 bits per heavy atom. The van der Waals surface area contributed by atoms with Gasteiger partial charge >= 0.3 is 5.76 Å². The molecular weight excluding hydrogens is 238 g/mol. The molecule has 2 heterocycles. The van der Waals surface area contributed by atoms with E-state index in [0.29, 0.717) is 11.4 Å². The van der Waals surface area contributed by atoms with Crippen LogP contribution in [0.3, 0.4) is 0 Å². The van der Waals surface area contributed by atoms with E-state index in [1.807, 2.05) is 0 Å². The fraction of sp³-hybridized carbons (Fsp3) is 0. The van der Waals surface area contributed by atoms with Crippen LogP contribution in [-0.2, 0) is 0 Å². The molecular formula is C7H4BrN3O2. The summed E-state index contributed by atoms with van der Waals surface area (Å²) >= 11 is 3.25. The van der Waals surface area contributed by atoms with E-state index >= 15 is 0 Å². The van der Waals surface area contributed by atoms with Crippen LogP contribution in [0.15, 0.2) is 32.3 Å². The number of H-pyrrole nitrogens is 1. The largest absolute Gasteiger partial charge is 0.439 e. The third kappa shape index (κ3) is 1.67. The molecule has 0 atom stereocenters. The molecule has 66 valence electrons. The van der Waals surface area contributed by atoms with Crippen molar-refractivity contribution in [2.45, 2.75) is 0 Å². The lowest BCUT2D eigenvalue weighted by molar-refractivity contribution is 0.388. The van der Waals surface area contributed by atoms with Crippen LogP contribution in [-0.4, -0.2) is 15.1 Å². The van der Waals surface area contributed by atoms with Crippen LogP contribution in [0, 0.1) is 0 Å². The molecule has 0 saturated heterocycles. The molecule has 1 N–H and O–H groups in total. The molecule has 0 radical (unpaired) electrons. The lowest BCUT2D eigenvalue weighted by atomic mass is 10.3. The van der Waals surface area contributed by atoms with Crippen LogP contribution < -0.4 is 5.76 Å². The first-order chi connectivity index (χ1) is 6.25. The Morgan fingerprint density at radius 1 is 1.46 bits per heavy atom. The van der Waals surface area contributed by atoms with E-state index in [1.54, 1.807) is 18.5 Å². The van der Waals surface area contributed by atoms with Crippen LogP contribution in [0.5, 0.6) is 0 Å². The van der Waals surface area contributed by atoms with Crippen molar-refractivity contribution in [3.05, 3.63) is 33.5 Å². The lowest BCUT2D eigenvalue weighted by Crippen LogP contribution is -1.94. The normalized spacial score (nSPS) is 10.2. The van der Waals surface area contributed by atoms with E-state index in [1.165, 1.54) is 0 Å². The second kappa shape index (κ2) is 3.14. The zero-order valence-corrected chi connectivity index (χ0v) is 7.91. The molecule has 0 fully saturated rings. The van der Waals surface area contributed by atoms with Gasteiger partial charge in [0.1, 0.15) is 0 Å². The van der Waals surface area contributed by atoms with E-state index in [9.17, 15) is 4.79 Å². The van der Waals surface area contributed by atoms with Crippen LogP contribution in [0.4, 0.5) is 0 Å². The van der Waals surface area contributed by atoms with E-state index in [0.717, 1.165) is 4.47 Å². The third-order valence-electron chi connectivity index (χ3n) is 1.42. The summed E-state index contributed by atoms with van der Waals surface area (Å²) in [6.07, 6.45) is 3.22. The van der Waals surface area contributed by atoms with Crippen molar-refractivity contribution in [1.29, 1.82) is 0 Å². The van der Waals surface area contributed by atoms with Crippen molar-refractivity contribution >= 4 is 15.9 Å². The maximum absolute atomic E-state index is 10.6. The molecule has 0 amide bonds. The summed E-state index contributed by atoms with van der Waals surface area (Å²) in [7, 11) is 0. The van der Waals surface area contributed by atoms with Gasteiger partial charge in [0, 0.05) is 22.4 Å². The van der Waals surface area contributed by atoms with Crippen LogP contribution in [0.25, 0.3) is 11.4 Å². The molecule has 2 aromatic rings. The zero-order chi connectivity index (χ0) is 9.26. The number of aromatic nitrogens is 3. The number of aromatic amines is 1. The van der Waals surface area contributed by atoms with Crippen LogP contribution in [0.2, 0.25) is 0 Å². The van der Waals surface area contributed by atoms with E-state index < -0.39 is 5.76 Å². The number of hydrogen-bond acceptors (Lipinski definition) is 4. The number of hydrogen-bond donors (Lipinski definition) is 1. The summed E-state index contributed by atoms with van der Waals surface area (Å²) < 4.78 is 5.17. The van der Waals surface area contributed by atoms with Gasteiger partial charge in [-0.1, -0.05) is 5.16 Å². The van der Waals surface area contributed by atoms with Gasteiger partial charge in [-0.05, 0) is 22.0 Å². The minimum atomic E-state index is -0.574. The highest BCUT2D eigenvalue weighted by atomic mass is 79.9. The number of rotatable bonds is 1. The summed E-state index contributed by atoms with van der Waals surface area (Å²) in [5, 5.41) is 3.52. The monoisotopic (exact) mass is 241 g/mol. The fourth-order valence-electron chi connectivity index (χ4n) is 0.896. The average Bonchev–Trinajstić information content (AvgIpc) is 2.52. The number of nitrogens with zero attached hydrogens (tertiary/aromatic N) is 2. The summed E-state index contributed by atoms with van der Waals surface area (Å²) in [6.45, 7) is 0. The number of pyridine rings is 1. The van der Waals surface area contributed by atoms with Crippen molar-refractivity contribution in [3.63, 3.8) is 0 Å². The first-order valence-corrected chi connectivity index (χ1v) is 4.22. The molecule has 0 unspecified atom stereocenters. The summed E-state index contributed by atoms with van der Waals surface area (Å²) in [4.78, 5) is 17.0. The SMILES string of the molecule is O=c1[nH]c(-c2cncc(Br)c2)no1. The van der Waals surface area contributed by atoms with Crippen molar-refractivity contribution in [1.82, 2.24) is 15.1 Å². The first-order valence-electron chi connectivity index (χ1n) is 3.42. The summed E-state index contributed by atoms with van der Waals surface area (Å²) in [6, 6.07) is 1.78. The highest BCUT2D eigenvalue weighted by Gasteiger charge is 2.03. The Morgan fingerprint density at radius 2 is 2.31 bits per heavy atom. The topological polar surface area (TPSA) is 71.8 Å². The number of halogens is 1. The molecule has 6 heteroatoms. The molecule has 2 aromatic heterocycles. The molecule has 2 rings (SSSR count). The first kappa shape index (κ1) is 8.18. The molecule has 0 saturated carbocycles. The predicted molar refractivity (Wildman–Crippen MR) is 48.1 cm³/mol. The predicted octanol–water partition coefficient (Wildman–Crippen LogP) is 1.19. The molecule has 0 aliphatic rings. The lowest BCUT2D eigenvalue weighted by Gasteiger charge is -1.93. The van der Waals surface area contributed by atoms with Gasteiger partial charge in [0.2, 0.25) is 0 Å². The fourth-order valence-corrected chi connectivity index (χ4v) is 1.26. The van der Waals surface area contributed by atoms with Gasteiger partial charge in [-0.25, -0.2) is 4.79 Å².